The number of aryl methyl sites for hydroxylation is 1. The average molecular weight is 399 g/mol. The normalized spacial score (nSPS) is 21.9. The zero-order chi connectivity index (χ0) is 19.7. The summed E-state index contributed by atoms with van der Waals surface area (Å²) in [6.07, 6.45) is 2.73. The molecule has 0 bridgehead atoms. The highest BCUT2D eigenvalue weighted by Crippen LogP contribution is 2.37. The number of hydrogen-bond acceptors (Lipinski definition) is 5. The molecule has 2 aliphatic rings. The van der Waals surface area contributed by atoms with E-state index in [4.69, 9.17) is 9.47 Å². The van der Waals surface area contributed by atoms with Gasteiger partial charge in [-0.25, -0.2) is 17.6 Å². The Morgan fingerprint density at radius 3 is 2.70 bits per heavy atom. The molecule has 27 heavy (non-hydrogen) atoms. The summed E-state index contributed by atoms with van der Waals surface area (Å²) >= 11 is 0. The third-order valence-corrected chi connectivity index (χ3v) is 6.46. The van der Waals surface area contributed by atoms with Crippen LogP contribution in [0.4, 0.5) is 10.1 Å². The highest BCUT2D eigenvalue weighted by Gasteiger charge is 2.45. The van der Waals surface area contributed by atoms with Crippen LogP contribution >= 0.6 is 0 Å². The fraction of sp³-hybridized carbons (Fsp3) is 0.500. The van der Waals surface area contributed by atoms with Gasteiger partial charge in [-0.15, -0.1) is 0 Å². The molecule has 1 saturated heterocycles. The van der Waals surface area contributed by atoms with Crippen LogP contribution in [0.5, 0.6) is 0 Å². The molecule has 1 aliphatic carbocycles. The molecule has 148 valence electrons. The first kappa shape index (κ1) is 19.8. The van der Waals surface area contributed by atoms with Crippen LogP contribution < -0.4 is 4.72 Å². The van der Waals surface area contributed by atoms with Crippen LogP contribution in [-0.4, -0.2) is 43.7 Å². The summed E-state index contributed by atoms with van der Waals surface area (Å²) in [5.74, 6) is -2.96. The van der Waals surface area contributed by atoms with E-state index in [9.17, 15) is 22.7 Å². The number of carboxylic acids is 1. The van der Waals surface area contributed by atoms with E-state index in [1.807, 2.05) is 6.92 Å². The molecule has 0 amide bonds. The molecule has 2 N–H and O–H groups in total. The minimum Gasteiger partial charge on any atom is -0.478 e. The zero-order valence-electron chi connectivity index (χ0n) is 14.9. The molecule has 3 rings (SSSR count). The number of carbonyl (C=O) groups is 1. The van der Waals surface area contributed by atoms with Crippen molar-refractivity contribution in [3.05, 3.63) is 41.2 Å². The van der Waals surface area contributed by atoms with E-state index >= 15 is 0 Å². The number of benzene rings is 1. The molecule has 7 nitrogen and oxygen atoms in total. The minimum atomic E-state index is -4.06. The van der Waals surface area contributed by atoms with Crippen LogP contribution in [0.1, 0.15) is 31.7 Å². The van der Waals surface area contributed by atoms with Crippen molar-refractivity contribution >= 4 is 21.7 Å². The molecule has 1 unspecified atom stereocenters. The second-order valence-corrected chi connectivity index (χ2v) is 8.50. The van der Waals surface area contributed by atoms with E-state index in [1.165, 1.54) is 24.3 Å². The summed E-state index contributed by atoms with van der Waals surface area (Å²) in [7, 11) is -4.06. The van der Waals surface area contributed by atoms with Gasteiger partial charge < -0.3 is 14.6 Å². The molecular weight excluding hydrogens is 377 g/mol. The van der Waals surface area contributed by atoms with Crippen LogP contribution in [0, 0.1) is 5.82 Å². The van der Waals surface area contributed by atoms with E-state index in [2.05, 4.69) is 4.72 Å². The number of halogens is 1. The smallest absolute Gasteiger partial charge is 0.332 e. The molecule has 1 fully saturated rings. The van der Waals surface area contributed by atoms with Crippen molar-refractivity contribution in [3.8, 4) is 0 Å². The predicted octanol–water partition coefficient (Wildman–Crippen LogP) is 2.44. The van der Waals surface area contributed by atoms with Gasteiger partial charge in [-0.2, -0.15) is 0 Å². The summed E-state index contributed by atoms with van der Waals surface area (Å²) in [4.78, 5) is 11.7. The molecule has 0 radical (unpaired) electrons. The maximum Gasteiger partial charge on any atom is 0.332 e. The van der Waals surface area contributed by atoms with Gasteiger partial charge in [0.15, 0.2) is 5.79 Å². The third-order valence-electron chi connectivity index (χ3n) is 4.71. The molecular formula is C18H22FNO6S. The van der Waals surface area contributed by atoms with E-state index in [-0.39, 0.29) is 24.1 Å². The van der Waals surface area contributed by atoms with Crippen LogP contribution in [0.25, 0.3) is 0 Å². The van der Waals surface area contributed by atoms with Crippen LogP contribution in [0.15, 0.2) is 29.8 Å². The monoisotopic (exact) mass is 399 g/mol. The maximum absolute atomic E-state index is 13.5. The van der Waals surface area contributed by atoms with Gasteiger partial charge >= 0.3 is 5.97 Å². The third kappa shape index (κ3) is 4.15. The van der Waals surface area contributed by atoms with Crippen molar-refractivity contribution in [2.24, 2.45) is 0 Å². The lowest BCUT2D eigenvalue weighted by Crippen LogP contribution is -2.42. The standard InChI is InChI=1S/C18H22FNO6S/c1-2-3-12-10-13(19)4-5-15(12)20-27(23,24)16-6-7-18(25-8-9-26-18)11-14(16)17(21)22/h4-5,10-11,16,20H,2-3,6-9H2,1H3,(H,21,22). The molecule has 1 aliphatic heterocycles. The van der Waals surface area contributed by atoms with Gasteiger partial charge in [0, 0.05) is 6.42 Å². The largest absolute Gasteiger partial charge is 0.478 e. The van der Waals surface area contributed by atoms with Gasteiger partial charge in [0.2, 0.25) is 10.0 Å². The average Bonchev–Trinajstić information content (AvgIpc) is 3.05. The highest BCUT2D eigenvalue weighted by molar-refractivity contribution is 7.93. The van der Waals surface area contributed by atoms with Crippen molar-refractivity contribution in [1.82, 2.24) is 0 Å². The summed E-state index contributed by atoms with van der Waals surface area (Å²) in [6.45, 7) is 2.56. The molecule has 1 aromatic rings. The first-order chi connectivity index (χ1) is 12.8. The van der Waals surface area contributed by atoms with Gasteiger partial charge in [-0.1, -0.05) is 13.3 Å². The summed E-state index contributed by atoms with van der Waals surface area (Å²) < 4.78 is 52.8. The quantitative estimate of drug-likeness (QED) is 0.762. The highest BCUT2D eigenvalue weighted by atomic mass is 32.2. The summed E-state index contributed by atoms with van der Waals surface area (Å²) in [6, 6.07) is 3.81. The predicted molar refractivity (Wildman–Crippen MR) is 96.3 cm³/mol. The number of sulfonamides is 1. The second-order valence-electron chi connectivity index (χ2n) is 6.64. The van der Waals surface area contributed by atoms with Crippen LogP contribution in [0.3, 0.4) is 0 Å². The molecule has 1 atom stereocenters. The number of anilines is 1. The minimum absolute atomic E-state index is 0.0395. The van der Waals surface area contributed by atoms with E-state index in [0.717, 1.165) is 0 Å². The van der Waals surface area contributed by atoms with Crippen molar-refractivity contribution < 1.29 is 32.2 Å². The zero-order valence-corrected chi connectivity index (χ0v) is 15.7. The van der Waals surface area contributed by atoms with Crippen molar-refractivity contribution in [1.29, 1.82) is 0 Å². The van der Waals surface area contributed by atoms with Gasteiger partial charge in [0.05, 0.1) is 24.5 Å². The van der Waals surface area contributed by atoms with Crippen LogP contribution in [0.2, 0.25) is 0 Å². The summed E-state index contributed by atoms with van der Waals surface area (Å²) in [5, 5.41) is 8.28. The fourth-order valence-electron chi connectivity index (χ4n) is 3.47. The van der Waals surface area contributed by atoms with Crippen molar-refractivity contribution in [3.63, 3.8) is 0 Å². The number of hydrogen-bond donors (Lipinski definition) is 2. The van der Waals surface area contributed by atoms with Gasteiger partial charge in [-0.3, -0.25) is 4.72 Å². The Labute approximate surface area is 157 Å². The van der Waals surface area contributed by atoms with Crippen molar-refractivity contribution in [2.75, 3.05) is 17.9 Å². The molecule has 1 heterocycles. The Bertz CT molecular complexity index is 861. The Kier molecular flexibility index (Phi) is 5.55. The lowest BCUT2D eigenvalue weighted by Gasteiger charge is -2.32. The molecule has 1 spiro atoms. The van der Waals surface area contributed by atoms with Crippen molar-refractivity contribution in [2.45, 2.75) is 43.6 Å². The second kappa shape index (κ2) is 7.57. The van der Waals surface area contributed by atoms with Crippen LogP contribution in [-0.2, 0) is 30.7 Å². The lowest BCUT2D eigenvalue weighted by molar-refractivity contribution is -0.138. The maximum atomic E-state index is 13.5. The number of rotatable bonds is 6. The number of carboxylic acid groups (broad SMARTS) is 1. The Hall–Kier alpha value is -1.97. The molecule has 9 heteroatoms. The fourth-order valence-corrected chi connectivity index (χ4v) is 5.05. The lowest BCUT2D eigenvalue weighted by atomic mass is 9.94. The molecule has 0 aromatic heterocycles. The van der Waals surface area contributed by atoms with Gasteiger partial charge in [0.1, 0.15) is 11.1 Å². The summed E-state index contributed by atoms with van der Waals surface area (Å²) in [5.41, 5.74) is 0.503. The number of ether oxygens (including phenoxy) is 2. The molecule has 1 aromatic carbocycles. The Morgan fingerprint density at radius 1 is 1.37 bits per heavy atom. The van der Waals surface area contributed by atoms with E-state index < -0.39 is 32.8 Å². The SMILES string of the molecule is CCCc1cc(F)ccc1NS(=O)(=O)C1CCC2(C=C1C(=O)O)OCCO2. The topological polar surface area (TPSA) is 102 Å². The van der Waals surface area contributed by atoms with Gasteiger partial charge in [-0.05, 0) is 42.7 Å². The number of aliphatic carboxylic acids is 1. The Balaban J connectivity index is 1.92. The van der Waals surface area contributed by atoms with E-state index in [0.29, 0.717) is 31.6 Å². The van der Waals surface area contributed by atoms with E-state index in [1.54, 1.807) is 0 Å². The number of nitrogens with one attached hydrogen (secondary N) is 1. The van der Waals surface area contributed by atoms with Gasteiger partial charge in [0.25, 0.3) is 0 Å². The molecule has 0 saturated carbocycles. The Morgan fingerprint density at radius 2 is 2.07 bits per heavy atom. The first-order valence-corrected chi connectivity index (χ1v) is 10.3. The first-order valence-electron chi connectivity index (χ1n) is 8.80.